The minimum atomic E-state index is -0.382. The Morgan fingerprint density at radius 2 is 2.21 bits per heavy atom. The van der Waals surface area contributed by atoms with Crippen molar-refractivity contribution >= 4 is 11.3 Å². The molecule has 0 spiro atoms. The van der Waals surface area contributed by atoms with Gasteiger partial charge in [0.1, 0.15) is 11.6 Å². The number of hydrogen-bond donors (Lipinski definition) is 0. The number of thiazole rings is 1. The largest absolute Gasteiger partial charge is 0.483 e. The second-order valence-electron chi connectivity index (χ2n) is 3.89. The summed E-state index contributed by atoms with van der Waals surface area (Å²) in [6.07, 6.45) is 1.15. The Hall–Kier alpha value is -1.93. The lowest BCUT2D eigenvalue weighted by molar-refractivity contribution is 0.289. The average molecular weight is 276 g/mol. The number of halogens is 1. The van der Waals surface area contributed by atoms with Crippen LogP contribution in [0.25, 0.3) is 0 Å². The first-order chi connectivity index (χ1) is 9.24. The summed E-state index contributed by atoms with van der Waals surface area (Å²) in [6.45, 7) is 2.22. The number of benzene rings is 1. The Labute approximate surface area is 115 Å². The Balaban J connectivity index is 2.08. The van der Waals surface area contributed by atoms with Crippen molar-refractivity contribution in [3.63, 3.8) is 0 Å². The van der Waals surface area contributed by atoms with Crippen molar-refractivity contribution in [2.75, 3.05) is 0 Å². The molecular formula is C14H13FN2OS. The number of nitriles is 1. The summed E-state index contributed by atoms with van der Waals surface area (Å²) in [5.74, 6) is -0.162. The molecule has 1 aromatic heterocycles. The number of rotatable bonds is 5. The van der Waals surface area contributed by atoms with E-state index >= 15 is 0 Å². The topological polar surface area (TPSA) is 45.9 Å². The van der Waals surface area contributed by atoms with E-state index in [1.54, 1.807) is 18.2 Å². The summed E-state index contributed by atoms with van der Waals surface area (Å²) in [5, 5.41) is 9.51. The van der Waals surface area contributed by atoms with Crippen molar-refractivity contribution in [2.24, 2.45) is 0 Å². The first-order valence-electron chi connectivity index (χ1n) is 5.96. The minimum absolute atomic E-state index is 0.220. The van der Waals surface area contributed by atoms with Gasteiger partial charge in [0.2, 0.25) is 0 Å². The third-order valence-electron chi connectivity index (χ3n) is 2.58. The first-order valence-corrected chi connectivity index (χ1v) is 6.78. The quantitative estimate of drug-likeness (QED) is 0.839. The third-order valence-corrected chi connectivity index (χ3v) is 3.66. The highest BCUT2D eigenvalue weighted by atomic mass is 32.1. The van der Waals surface area contributed by atoms with Crippen LogP contribution in [0.4, 0.5) is 4.39 Å². The molecule has 0 amide bonds. The molecule has 0 saturated heterocycles. The number of aryl methyl sites for hydroxylation is 1. The lowest BCUT2D eigenvalue weighted by Gasteiger charge is -2.04. The predicted molar refractivity (Wildman–Crippen MR) is 71.5 cm³/mol. The molecule has 0 aliphatic heterocycles. The molecule has 2 rings (SSSR count). The molecule has 19 heavy (non-hydrogen) atoms. The van der Waals surface area contributed by atoms with Gasteiger partial charge in [0.05, 0.1) is 18.2 Å². The van der Waals surface area contributed by atoms with E-state index in [1.165, 1.54) is 17.4 Å². The maximum atomic E-state index is 13.4. The molecule has 0 radical (unpaired) electrons. The van der Waals surface area contributed by atoms with E-state index < -0.39 is 0 Å². The molecule has 5 heteroatoms. The van der Waals surface area contributed by atoms with Crippen LogP contribution in [0.15, 0.2) is 24.3 Å². The second-order valence-corrected chi connectivity index (χ2v) is 5.05. The summed E-state index contributed by atoms with van der Waals surface area (Å²) in [6, 6.07) is 8.40. The van der Waals surface area contributed by atoms with Crippen molar-refractivity contribution in [3.8, 4) is 11.8 Å². The number of nitrogens with zero attached hydrogens (tertiary/aromatic N) is 2. The van der Waals surface area contributed by atoms with E-state index in [2.05, 4.69) is 11.1 Å². The third kappa shape index (κ3) is 3.30. The van der Waals surface area contributed by atoms with Crippen molar-refractivity contribution in [1.29, 1.82) is 5.26 Å². The molecule has 1 heterocycles. The van der Waals surface area contributed by atoms with E-state index in [0.29, 0.717) is 6.42 Å². The molecule has 0 aliphatic rings. The molecule has 0 aliphatic carbocycles. The highest BCUT2D eigenvalue weighted by Crippen LogP contribution is 2.22. The molecular weight excluding hydrogens is 263 g/mol. The zero-order valence-corrected chi connectivity index (χ0v) is 11.3. The monoisotopic (exact) mass is 276 g/mol. The van der Waals surface area contributed by atoms with E-state index in [-0.39, 0.29) is 18.2 Å². The van der Waals surface area contributed by atoms with Gasteiger partial charge in [0.25, 0.3) is 0 Å². The molecule has 0 atom stereocenters. The van der Waals surface area contributed by atoms with Crippen molar-refractivity contribution in [2.45, 2.75) is 26.4 Å². The number of ether oxygens (including phenoxy) is 1. The lowest BCUT2D eigenvalue weighted by Crippen LogP contribution is -1.97. The summed E-state index contributed by atoms with van der Waals surface area (Å²) in [7, 11) is 0. The van der Waals surface area contributed by atoms with Gasteiger partial charge in [-0.05, 0) is 18.6 Å². The molecule has 0 fully saturated rings. The maximum absolute atomic E-state index is 13.4. The molecule has 0 saturated carbocycles. The predicted octanol–water partition coefficient (Wildman–Crippen LogP) is 3.49. The van der Waals surface area contributed by atoms with Crippen LogP contribution in [0, 0.1) is 17.1 Å². The van der Waals surface area contributed by atoms with E-state index in [0.717, 1.165) is 22.0 Å². The Bertz CT molecular complexity index is 604. The SMILES string of the molecule is CCc1nc(COc2ccccc2F)sc1CC#N. The summed E-state index contributed by atoms with van der Waals surface area (Å²) in [4.78, 5) is 5.38. The summed E-state index contributed by atoms with van der Waals surface area (Å²) < 4.78 is 18.8. The van der Waals surface area contributed by atoms with Crippen LogP contribution in [0.1, 0.15) is 22.5 Å². The van der Waals surface area contributed by atoms with Crippen molar-refractivity contribution in [1.82, 2.24) is 4.98 Å². The van der Waals surface area contributed by atoms with Crippen LogP contribution < -0.4 is 4.74 Å². The van der Waals surface area contributed by atoms with Crippen molar-refractivity contribution in [3.05, 3.63) is 45.7 Å². The Morgan fingerprint density at radius 1 is 1.42 bits per heavy atom. The average Bonchev–Trinajstić information content (AvgIpc) is 2.81. The van der Waals surface area contributed by atoms with Crippen LogP contribution in [0.2, 0.25) is 0 Å². The molecule has 1 aromatic carbocycles. The number of aromatic nitrogens is 1. The van der Waals surface area contributed by atoms with Crippen LogP contribution in [-0.2, 0) is 19.4 Å². The zero-order chi connectivity index (χ0) is 13.7. The minimum Gasteiger partial charge on any atom is -0.483 e. The van der Waals surface area contributed by atoms with E-state index in [4.69, 9.17) is 10.00 Å². The number of hydrogen-bond acceptors (Lipinski definition) is 4. The normalized spacial score (nSPS) is 10.2. The highest BCUT2D eigenvalue weighted by molar-refractivity contribution is 7.11. The van der Waals surface area contributed by atoms with Crippen LogP contribution in [-0.4, -0.2) is 4.98 Å². The molecule has 98 valence electrons. The molecule has 2 aromatic rings. The van der Waals surface area contributed by atoms with Gasteiger partial charge in [0, 0.05) is 4.88 Å². The van der Waals surface area contributed by atoms with Crippen molar-refractivity contribution < 1.29 is 9.13 Å². The summed E-state index contributed by atoms with van der Waals surface area (Å²) in [5.41, 5.74) is 0.929. The molecule has 3 nitrogen and oxygen atoms in total. The fourth-order valence-electron chi connectivity index (χ4n) is 1.69. The smallest absolute Gasteiger partial charge is 0.165 e. The highest BCUT2D eigenvalue weighted by Gasteiger charge is 2.10. The molecule has 0 N–H and O–H groups in total. The zero-order valence-electron chi connectivity index (χ0n) is 10.5. The molecule has 0 unspecified atom stereocenters. The maximum Gasteiger partial charge on any atom is 0.165 e. The fraction of sp³-hybridized carbons (Fsp3) is 0.286. The van der Waals surface area contributed by atoms with Gasteiger partial charge in [-0.3, -0.25) is 0 Å². The number of para-hydroxylation sites is 1. The van der Waals surface area contributed by atoms with Gasteiger partial charge < -0.3 is 4.74 Å². The lowest BCUT2D eigenvalue weighted by atomic mass is 10.2. The van der Waals surface area contributed by atoms with Gasteiger partial charge in [-0.1, -0.05) is 19.1 Å². The Kier molecular flexibility index (Phi) is 4.48. The van der Waals surface area contributed by atoms with Gasteiger partial charge in [-0.2, -0.15) is 5.26 Å². The van der Waals surface area contributed by atoms with Crippen LogP contribution >= 0.6 is 11.3 Å². The van der Waals surface area contributed by atoms with Crippen LogP contribution in [0.3, 0.4) is 0 Å². The van der Waals surface area contributed by atoms with Gasteiger partial charge in [0.15, 0.2) is 11.6 Å². The fourth-order valence-corrected chi connectivity index (χ4v) is 2.69. The summed E-state index contributed by atoms with van der Waals surface area (Å²) >= 11 is 1.45. The van der Waals surface area contributed by atoms with Gasteiger partial charge in [-0.15, -0.1) is 11.3 Å². The van der Waals surface area contributed by atoms with Gasteiger partial charge >= 0.3 is 0 Å². The van der Waals surface area contributed by atoms with Gasteiger partial charge in [-0.25, -0.2) is 9.37 Å². The Morgan fingerprint density at radius 3 is 2.89 bits per heavy atom. The van der Waals surface area contributed by atoms with E-state index in [1.807, 2.05) is 6.92 Å². The standard InChI is InChI=1S/C14H13FN2OS/c1-2-11-13(7-8-16)19-14(17-11)9-18-12-6-4-3-5-10(12)15/h3-6H,2,7,9H2,1H3. The first kappa shape index (κ1) is 13.5. The molecule has 0 bridgehead atoms. The van der Waals surface area contributed by atoms with Crippen LogP contribution in [0.5, 0.6) is 5.75 Å². The van der Waals surface area contributed by atoms with E-state index in [9.17, 15) is 4.39 Å². The second kappa shape index (κ2) is 6.30.